The zero-order valence-corrected chi connectivity index (χ0v) is 22.3. The van der Waals surface area contributed by atoms with Gasteiger partial charge in [-0.1, -0.05) is 68.8 Å². The SMILES string of the molecule is CCCCOc1ccc(/C=C/c2ccc(-c3ccc(C4CCC(OCCC)CC4)c(F)c3F)cc2)c(F)c1. The molecule has 0 bridgehead atoms. The molecule has 0 N–H and O–H groups in total. The predicted molar refractivity (Wildman–Crippen MR) is 149 cm³/mol. The average molecular weight is 523 g/mol. The van der Waals surface area contributed by atoms with Crippen molar-refractivity contribution in [3.63, 3.8) is 0 Å². The zero-order chi connectivity index (χ0) is 26.9. The second kappa shape index (κ2) is 13.7. The Morgan fingerprint density at radius 1 is 0.789 bits per heavy atom. The average Bonchev–Trinajstić information content (AvgIpc) is 2.94. The topological polar surface area (TPSA) is 18.5 Å². The minimum Gasteiger partial charge on any atom is -0.493 e. The number of rotatable bonds is 11. The van der Waals surface area contributed by atoms with E-state index in [9.17, 15) is 4.39 Å². The van der Waals surface area contributed by atoms with E-state index in [1.807, 2.05) is 12.1 Å². The first-order valence-corrected chi connectivity index (χ1v) is 13.8. The Hall–Kier alpha value is -3.05. The number of benzene rings is 3. The highest BCUT2D eigenvalue weighted by atomic mass is 19.2. The third-order valence-electron chi connectivity index (χ3n) is 7.20. The van der Waals surface area contributed by atoms with Gasteiger partial charge in [0.25, 0.3) is 0 Å². The normalized spacial score (nSPS) is 17.7. The molecule has 3 aromatic rings. The first kappa shape index (κ1) is 28.0. The maximum atomic E-state index is 15.1. The van der Waals surface area contributed by atoms with Crippen molar-refractivity contribution in [3.8, 4) is 16.9 Å². The summed E-state index contributed by atoms with van der Waals surface area (Å²) in [7, 11) is 0. The van der Waals surface area contributed by atoms with Crippen LogP contribution in [0.15, 0.2) is 54.6 Å². The molecule has 38 heavy (non-hydrogen) atoms. The van der Waals surface area contributed by atoms with Crippen LogP contribution in [0.1, 0.15) is 81.4 Å². The van der Waals surface area contributed by atoms with Crippen LogP contribution in [0.5, 0.6) is 5.75 Å². The Kier molecular flexibility index (Phi) is 10.1. The van der Waals surface area contributed by atoms with Crippen molar-refractivity contribution in [2.24, 2.45) is 0 Å². The molecule has 0 saturated heterocycles. The maximum absolute atomic E-state index is 15.1. The first-order valence-electron chi connectivity index (χ1n) is 13.8. The van der Waals surface area contributed by atoms with E-state index in [1.54, 1.807) is 48.6 Å². The van der Waals surface area contributed by atoms with Gasteiger partial charge in [-0.3, -0.25) is 0 Å². The molecule has 0 aromatic heterocycles. The summed E-state index contributed by atoms with van der Waals surface area (Å²) in [6, 6.07) is 15.4. The Bertz CT molecular complexity index is 1210. The molecular weight excluding hydrogens is 485 g/mol. The number of unbranched alkanes of at least 4 members (excludes halogenated alkanes) is 1. The molecule has 0 spiro atoms. The van der Waals surface area contributed by atoms with Crippen molar-refractivity contribution in [3.05, 3.63) is 88.7 Å². The molecule has 0 unspecified atom stereocenters. The first-order chi connectivity index (χ1) is 18.5. The molecule has 0 heterocycles. The largest absolute Gasteiger partial charge is 0.493 e. The van der Waals surface area contributed by atoms with Crippen molar-refractivity contribution in [2.45, 2.75) is 70.8 Å². The van der Waals surface area contributed by atoms with E-state index in [0.29, 0.717) is 29.0 Å². The fourth-order valence-electron chi connectivity index (χ4n) is 4.95. The highest BCUT2D eigenvalue weighted by Gasteiger charge is 2.26. The number of ether oxygens (including phenoxy) is 2. The predicted octanol–water partition coefficient (Wildman–Crippen LogP) is 9.57. The molecule has 5 heteroatoms. The van der Waals surface area contributed by atoms with E-state index in [1.165, 1.54) is 6.07 Å². The summed E-state index contributed by atoms with van der Waals surface area (Å²) in [6.07, 6.45) is 10.0. The van der Waals surface area contributed by atoms with Crippen LogP contribution in [-0.2, 0) is 4.74 Å². The third kappa shape index (κ3) is 7.08. The second-order valence-electron chi connectivity index (χ2n) is 10.0. The molecule has 0 aliphatic heterocycles. The molecule has 1 saturated carbocycles. The summed E-state index contributed by atoms with van der Waals surface area (Å²) in [5, 5.41) is 0. The highest BCUT2D eigenvalue weighted by molar-refractivity contribution is 5.73. The van der Waals surface area contributed by atoms with Crippen LogP contribution in [0.2, 0.25) is 0 Å². The van der Waals surface area contributed by atoms with Crippen molar-refractivity contribution >= 4 is 12.2 Å². The molecule has 4 rings (SSSR count). The van der Waals surface area contributed by atoms with Gasteiger partial charge in [0.2, 0.25) is 0 Å². The zero-order valence-electron chi connectivity index (χ0n) is 22.3. The summed E-state index contributed by atoms with van der Waals surface area (Å²) in [5.41, 5.74) is 2.58. The molecule has 0 amide bonds. The Morgan fingerprint density at radius 2 is 1.55 bits per heavy atom. The Morgan fingerprint density at radius 3 is 2.24 bits per heavy atom. The van der Waals surface area contributed by atoms with Crippen molar-refractivity contribution in [1.82, 2.24) is 0 Å². The summed E-state index contributed by atoms with van der Waals surface area (Å²) in [4.78, 5) is 0. The van der Waals surface area contributed by atoms with Crippen LogP contribution in [0.25, 0.3) is 23.3 Å². The lowest BCUT2D eigenvalue weighted by molar-refractivity contribution is 0.0249. The molecule has 0 atom stereocenters. The number of hydrogen-bond acceptors (Lipinski definition) is 2. The monoisotopic (exact) mass is 522 g/mol. The molecule has 0 radical (unpaired) electrons. The number of halogens is 3. The van der Waals surface area contributed by atoms with Gasteiger partial charge in [-0.15, -0.1) is 0 Å². The highest BCUT2D eigenvalue weighted by Crippen LogP contribution is 2.38. The van der Waals surface area contributed by atoms with E-state index >= 15 is 8.78 Å². The van der Waals surface area contributed by atoms with E-state index in [4.69, 9.17) is 9.47 Å². The quantitative estimate of drug-likeness (QED) is 0.184. The van der Waals surface area contributed by atoms with E-state index in [-0.39, 0.29) is 23.4 Å². The van der Waals surface area contributed by atoms with Crippen LogP contribution in [0.4, 0.5) is 13.2 Å². The van der Waals surface area contributed by atoms with Crippen LogP contribution in [-0.4, -0.2) is 19.3 Å². The van der Waals surface area contributed by atoms with Crippen molar-refractivity contribution in [1.29, 1.82) is 0 Å². The van der Waals surface area contributed by atoms with Crippen LogP contribution in [0.3, 0.4) is 0 Å². The summed E-state index contributed by atoms with van der Waals surface area (Å²) >= 11 is 0. The van der Waals surface area contributed by atoms with E-state index in [0.717, 1.165) is 57.1 Å². The van der Waals surface area contributed by atoms with Gasteiger partial charge >= 0.3 is 0 Å². The fraction of sp³-hybridized carbons (Fsp3) is 0.394. The standard InChI is InChI=1S/C33H37F3O2/c1-3-5-21-38-28-17-14-26(31(34)22-28)11-8-23-6-9-24(10-7-23)29-18-19-30(33(36)32(29)35)25-12-15-27(16-13-25)37-20-4-2/h6-11,14,17-19,22,25,27H,3-5,12-13,15-16,20-21H2,1-2H3/b11-8+. The maximum Gasteiger partial charge on any atom is 0.166 e. The van der Waals surface area contributed by atoms with Gasteiger partial charge in [-0.25, -0.2) is 13.2 Å². The van der Waals surface area contributed by atoms with Crippen LogP contribution < -0.4 is 4.74 Å². The smallest absolute Gasteiger partial charge is 0.166 e. The van der Waals surface area contributed by atoms with Crippen molar-refractivity contribution < 1.29 is 22.6 Å². The van der Waals surface area contributed by atoms with Gasteiger partial charge in [-0.05, 0) is 73.3 Å². The van der Waals surface area contributed by atoms with Crippen LogP contribution in [0, 0.1) is 17.5 Å². The molecule has 3 aromatic carbocycles. The van der Waals surface area contributed by atoms with Gasteiger partial charge in [0.15, 0.2) is 11.6 Å². The lowest BCUT2D eigenvalue weighted by Gasteiger charge is -2.29. The van der Waals surface area contributed by atoms with Crippen molar-refractivity contribution in [2.75, 3.05) is 13.2 Å². The van der Waals surface area contributed by atoms with Crippen LogP contribution >= 0.6 is 0 Å². The number of hydrogen-bond donors (Lipinski definition) is 0. The molecule has 1 aliphatic carbocycles. The minimum atomic E-state index is -0.807. The third-order valence-corrected chi connectivity index (χ3v) is 7.20. The lowest BCUT2D eigenvalue weighted by Crippen LogP contribution is -2.21. The summed E-state index contributed by atoms with van der Waals surface area (Å²) < 4.78 is 56.1. The Balaban J connectivity index is 1.41. The van der Waals surface area contributed by atoms with Gasteiger partial charge in [-0.2, -0.15) is 0 Å². The summed E-state index contributed by atoms with van der Waals surface area (Å²) in [5.74, 6) is -1.37. The lowest BCUT2D eigenvalue weighted by atomic mass is 9.82. The van der Waals surface area contributed by atoms with E-state index in [2.05, 4.69) is 13.8 Å². The van der Waals surface area contributed by atoms with Gasteiger partial charge in [0.1, 0.15) is 11.6 Å². The van der Waals surface area contributed by atoms with Gasteiger partial charge in [0, 0.05) is 23.8 Å². The molecular formula is C33H37F3O2. The van der Waals surface area contributed by atoms with Gasteiger partial charge < -0.3 is 9.47 Å². The van der Waals surface area contributed by atoms with E-state index < -0.39 is 11.6 Å². The molecule has 1 aliphatic rings. The second-order valence-corrected chi connectivity index (χ2v) is 10.0. The summed E-state index contributed by atoms with van der Waals surface area (Å²) in [6.45, 7) is 5.48. The van der Waals surface area contributed by atoms with Gasteiger partial charge in [0.05, 0.1) is 12.7 Å². The minimum absolute atomic E-state index is 0.0184. The molecule has 202 valence electrons. The fourth-order valence-corrected chi connectivity index (χ4v) is 4.95. The molecule has 2 nitrogen and oxygen atoms in total. The molecule has 1 fully saturated rings. The Labute approximate surface area is 224 Å².